The minimum atomic E-state index is -0.894. The number of hydrogen-bond donors (Lipinski definition) is 1. The Labute approximate surface area is 227 Å². The number of nitrogens with zero attached hydrogens (tertiary/aromatic N) is 1. The fourth-order valence-corrected chi connectivity index (χ4v) is 9.11. The van der Waals surface area contributed by atoms with E-state index in [0.29, 0.717) is 13.2 Å². The van der Waals surface area contributed by atoms with Crippen molar-refractivity contribution in [3.8, 4) is 0 Å². The number of nitrogens with one attached hydrogen (secondary N) is 1. The second-order valence-electron chi connectivity index (χ2n) is 10.6. The molecule has 0 aromatic heterocycles. The van der Waals surface area contributed by atoms with Gasteiger partial charge in [-0.1, -0.05) is 94.2 Å². The first kappa shape index (κ1) is 24.3. The van der Waals surface area contributed by atoms with E-state index >= 15 is 0 Å². The maximum atomic E-state index is 14.3. The highest BCUT2D eigenvalue weighted by Crippen LogP contribution is 2.70. The molecule has 2 aromatic carbocycles. The van der Waals surface area contributed by atoms with E-state index in [9.17, 15) is 14.4 Å². The normalized spacial score (nSPS) is 32.9. The molecule has 2 aliphatic heterocycles. The van der Waals surface area contributed by atoms with Gasteiger partial charge >= 0.3 is 0 Å². The fraction of sp³-hybridized carbons (Fsp3) is 0.464. The summed E-state index contributed by atoms with van der Waals surface area (Å²) in [6, 6.07) is 15.1. The molecule has 3 amide bonds. The van der Waals surface area contributed by atoms with Gasteiger partial charge in [-0.05, 0) is 41.0 Å². The van der Waals surface area contributed by atoms with E-state index in [1.807, 2.05) is 62.4 Å². The summed E-state index contributed by atoms with van der Waals surface area (Å²) in [4.78, 5) is 43.3. The van der Waals surface area contributed by atoms with Crippen molar-refractivity contribution in [2.45, 2.75) is 47.5 Å². The third-order valence-corrected chi connectivity index (χ3v) is 11.0. The Bertz CT molecular complexity index is 1150. The van der Waals surface area contributed by atoms with Crippen molar-refractivity contribution in [2.24, 2.45) is 17.8 Å². The smallest absolute Gasteiger partial charge is 0.243 e. The molecule has 2 heterocycles. The minimum Gasteiger partial charge on any atom is -0.376 e. The number of amides is 3. The van der Waals surface area contributed by atoms with E-state index in [1.165, 1.54) is 4.90 Å². The number of hydrogen-bond acceptors (Lipinski definition) is 4. The Morgan fingerprint density at radius 1 is 0.972 bits per heavy atom. The van der Waals surface area contributed by atoms with Crippen molar-refractivity contribution in [3.05, 3.63) is 70.8 Å². The van der Waals surface area contributed by atoms with Crippen molar-refractivity contribution in [1.29, 1.82) is 0 Å². The molecule has 0 saturated carbocycles. The Balaban J connectivity index is 1.44. The van der Waals surface area contributed by atoms with Gasteiger partial charge in [0.25, 0.3) is 0 Å². The number of imide groups is 1. The van der Waals surface area contributed by atoms with Crippen LogP contribution in [0, 0.1) is 17.8 Å². The van der Waals surface area contributed by atoms with E-state index in [-0.39, 0.29) is 29.7 Å². The molecule has 2 saturated heterocycles. The SMILES string of the molecule is CC(C)[C@H](C(=O)NC[C@@H]1CCCO1)N1C(=O)[C@@H]2[C@H](C1=O)C1(Br)c3ccccc3C2(Br)c2ccccc21. The lowest BCUT2D eigenvalue weighted by molar-refractivity contribution is -0.149. The zero-order valence-electron chi connectivity index (χ0n) is 20.2. The van der Waals surface area contributed by atoms with Crippen LogP contribution in [0.4, 0.5) is 0 Å². The van der Waals surface area contributed by atoms with Crippen LogP contribution in [0.5, 0.6) is 0 Å². The number of benzene rings is 2. The van der Waals surface area contributed by atoms with Gasteiger partial charge < -0.3 is 10.1 Å². The molecule has 0 spiro atoms. The second-order valence-corrected chi connectivity index (χ2v) is 13.1. The molecule has 6 nitrogen and oxygen atoms in total. The fourth-order valence-electron chi connectivity index (χ4n) is 6.81. The number of ether oxygens (including phenoxy) is 1. The summed E-state index contributed by atoms with van der Waals surface area (Å²) in [6.07, 6.45) is 1.85. The zero-order valence-corrected chi connectivity index (χ0v) is 23.3. The summed E-state index contributed by atoms with van der Waals surface area (Å²) in [5.74, 6) is -2.53. The van der Waals surface area contributed by atoms with E-state index in [0.717, 1.165) is 35.1 Å². The molecule has 8 heteroatoms. The van der Waals surface area contributed by atoms with Gasteiger partial charge in [-0.25, -0.2) is 0 Å². The quantitative estimate of drug-likeness (QED) is 0.404. The Morgan fingerprint density at radius 2 is 1.44 bits per heavy atom. The molecule has 2 fully saturated rings. The van der Waals surface area contributed by atoms with Gasteiger partial charge in [-0.2, -0.15) is 0 Å². The average molecular weight is 616 g/mol. The molecule has 0 unspecified atom stereocenters. The summed E-state index contributed by atoms with van der Waals surface area (Å²) >= 11 is 8.04. The maximum Gasteiger partial charge on any atom is 0.243 e. The van der Waals surface area contributed by atoms with Crippen LogP contribution in [-0.2, 0) is 27.8 Å². The highest BCUT2D eigenvalue weighted by atomic mass is 79.9. The van der Waals surface area contributed by atoms with E-state index in [1.54, 1.807) is 0 Å². The monoisotopic (exact) mass is 614 g/mol. The number of rotatable bonds is 5. The summed E-state index contributed by atoms with van der Waals surface area (Å²) in [5.41, 5.74) is 3.92. The minimum absolute atomic E-state index is 0.0224. The molecule has 2 aromatic rings. The van der Waals surface area contributed by atoms with Gasteiger partial charge in [-0.3, -0.25) is 19.3 Å². The summed E-state index contributed by atoms with van der Waals surface area (Å²) in [7, 11) is 0. The molecule has 0 radical (unpaired) electrons. The Hall–Kier alpha value is -2.03. The molecule has 2 bridgehead atoms. The average Bonchev–Trinajstić information content (AvgIpc) is 3.48. The van der Waals surface area contributed by atoms with Crippen LogP contribution in [-0.4, -0.2) is 47.9 Å². The van der Waals surface area contributed by atoms with Crippen molar-refractivity contribution < 1.29 is 19.1 Å². The van der Waals surface area contributed by atoms with Crippen LogP contribution in [0.3, 0.4) is 0 Å². The van der Waals surface area contributed by atoms with E-state index in [2.05, 4.69) is 37.2 Å². The van der Waals surface area contributed by atoms with Gasteiger partial charge in [0.05, 0.1) is 26.6 Å². The molecule has 1 N–H and O–H groups in total. The topological polar surface area (TPSA) is 75.7 Å². The van der Waals surface area contributed by atoms with Gasteiger partial charge in [0, 0.05) is 13.2 Å². The lowest BCUT2D eigenvalue weighted by Crippen LogP contribution is -2.56. The first-order valence-corrected chi connectivity index (χ1v) is 14.1. The zero-order chi connectivity index (χ0) is 25.4. The van der Waals surface area contributed by atoms with E-state index in [4.69, 9.17) is 4.74 Å². The van der Waals surface area contributed by atoms with Gasteiger partial charge in [0.2, 0.25) is 17.7 Å². The molecule has 5 aliphatic rings. The molecular weight excluding hydrogens is 588 g/mol. The number of halogens is 2. The molecule has 188 valence electrons. The van der Waals surface area contributed by atoms with Crippen LogP contribution in [0.15, 0.2) is 48.5 Å². The largest absolute Gasteiger partial charge is 0.376 e. The summed E-state index contributed by atoms with van der Waals surface area (Å²) < 4.78 is 3.92. The maximum absolute atomic E-state index is 14.3. The standard InChI is InChI=1S/C28H28Br2N2O4/c1-15(2)23(24(33)31-14-16-8-7-13-36-16)32-25(34)21-22(26(32)35)28(30)18-10-4-3-9-17(18)27(21,29)19-11-5-6-12-20(19)28/h3-6,9-12,15-16,21-23H,7-8,13-14H2,1-2H3,(H,31,33)/t16-,21-,22+,23+,27?,28?/m0/s1. The second kappa shape index (κ2) is 8.50. The molecule has 4 atom stereocenters. The van der Waals surface area contributed by atoms with E-state index < -0.39 is 26.5 Å². The lowest BCUT2D eigenvalue weighted by atomic mass is 9.54. The number of likely N-dealkylation sites (tertiary alicyclic amines) is 1. The molecule has 7 rings (SSSR count). The Kier molecular flexibility index (Phi) is 5.74. The summed E-state index contributed by atoms with van der Waals surface area (Å²) in [6.45, 7) is 4.84. The Morgan fingerprint density at radius 3 is 1.83 bits per heavy atom. The molecule has 36 heavy (non-hydrogen) atoms. The van der Waals surface area contributed by atoms with Gasteiger partial charge in [0.15, 0.2) is 0 Å². The van der Waals surface area contributed by atoms with Gasteiger partial charge in [0.1, 0.15) is 6.04 Å². The first-order chi connectivity index (χ1) is 17.2. The van der Waals surface area contributed by atoms with Crippen LogP contribution >= 0.6 is 31.9 Å². The predicted molar refractivity (Wildman–Crippen MR) is 142 cm³/mol. The number of alkyl halides is 2. The highest BCUT2D eigenvalue weighted by molar-refractivity contribution is 9.10. The van der Waals surface area contributed by atoms with Crippen molar-refractivity contribution in [3.63, 3.8) is 0 Å². The van der Waals surface area contributed by atoms with Crippen molar-refractivity contribution in [2.75, 3.05) is 13.2 Å². The van der Waals surface area contributed by atoms with Crippen LogP contribution in [0.2, 0.25) is 0 Å². The molecule has 3 aliphatic carbocycles. The number of carbonyl (C=O) groups excluding carboxylic acids is 3. The van der Waals surface area contributed by atoms with Crippen molar-refractivity contribution in [1.82, 2.24) is 10.2 Å². The van der Waals surface area contributed by atoms with Crippen LogP contribution < -0.4 is 5.32 Å². The third kappa shape index (κ3) is 3.07. The lowest BCUT2D eigenvalue weighted by Gasteiger charge is -2.55. The van der Waals surface area contributed by atoms with Gasteiger partial charge in [-0.15, -0.1) is 0 Å². The van der Waals surface area contributed by atoms with Crippen LogP contribution in [0.25, 0.3) is 0 Å². The number of carbonyl (C=O) groups is 3. The highest BCUT2D eigenvalue weighted by Gasteiger charge is 2.73. The van der Waals surface area contributed by atoms with Crippen molar-refractivity contribution >= 4 is 49.6 Å². The third-order valence-electron chi connectivity index (χ3n) is 8.33. The van der Waals surface area contributed by atoms with Crippen LogP contribution in [0.1, 0.15) is 48.9 Å². The summed E-state index contributed by atoms with van der Waals surface area (Å²) in [5, 5.41) is 2.96. The predicted octanol–water partition coefficient (Wildman–Crippen LogP) is 4.21. The first-order valence-electron chi connectivity index (χ1n) is 12.6. The molecular formula is C28H28Br2N2O4.